The second kappa shape index (κ2) is 12.9. The maximum absolute atomic E-state index is 2.69. The summed E-state index contributed by atoms with van der Waals surface area (Å²) in [6, 6.07) is 36.0. The minimum atomic E-state index is 0.0328. The van der Waals surface area contributed by atoms with Crippen LogP contribution in [0.4, 0.5) is 0 Å². The Kier molecular flexibility index (Phi) is 8.80. The Morgan fingerprint density at radius 1 is 0.705 bits per heavy atom. The SMILES string of the molecule is CCCCc1cc[n+]2c(c1C)-c1ccccc1C(CC[n+]1ccc(-c3ccccc3)cc1-c1ccccc1C)C2(CC)CC. The van der Waals surface area contributed by atoms with Crippen molar-refractivity contribution in [3.8, 4) is 33.6 Å². The highest BCUT2D eigenvalue weighted by Crippen LogP contribution is 2.47. The fourth-order valence-corrected chi connectivity index (χ4v) is 7.91. The molecule has 5 aromatic rings. The van der Waals surface area contributed by atoms with Crippen LogP contribution in [0.2, 0.25) is 0 Å². The molecular weight excluding hydrogens is 532 g/mol. The van der Waals surface area contributed by atoms with Gasteiger partial charge in [-0.3, -0.25) is 0 Å². The first-order valence-corrected chi connectivity index (χ1v) is 16.8. The predicted octanol–water partition coefficient (Wildman–Crippen LogP) is 9.92. The van der Waals surface area contributed by atoms with E-state index in [-0.39, 0.29) is 5.54 Å². The van der Waals surface area contributed by atoms with Gasteiger partial charge in [-0.15, -0.1) is 0 Å². The summed E-state index contributed by atoms with van der Waals surface area (Å²) in [6.45, 7) is 12.7. The van der Waals surface area contributed by atoms with Gasteiger partial charge in [0, 0.05) is 48.6 Å². The van der Waals surface area contributed by atoms with E-state index < -0.39 is 0 Å². The maximum Gasteiger partial charge on any atom is 0.216 e. The van der Waals surface area contributed by atoms with Crippen LogP contribution in [-0.4, -0.2) is 0 Å². The number of hydrogen-bond donors (Lipinski definition) is 0. The van der Waals surface area contributed by atoms with Gasteiger partial charge in [0.2, 0.25) is 11.4 Å². The second-order valence-electron chi connectivity index (χ2n) is 12.7. The van der Waals surface area contributed by atoms with Crippen LogP contribution in [0, 0.1) is 13.8 Å². The van der Waals surface area contributed by atoms with Gasteiger partial charge in [-0.1, -0.05) is 93.9 Å². The van der Waals surface area contributed by atoms with Crippen molar-refractivity contribution >= 4 is 0 Å². The summed E-state index contributed by atoms with van der Waals surface area (Å²) in [5.41, 5.74) is 13.8. The van der Waals surface area contributed by atoms with Gasteiger partial charge in [0.1, 0.15) is 6.54 Å². The number of hydrogen-bond acceptors (Lipinski definition) is 0. The van der Waals surface area contributed by atoms with Gasteiger partial charge < -0.3 is 0 Å². The zero-order valence-electron chi connectivity index (χ0n) is 27.3. The monoisotopic (exact) mass is 580 g/mol. The van der Waals surface area contributed by atoms with Gasteiger partial charge in [0.25, 0.3) is 0 Å². The molecule has 0 saturated carbocycles. The Hall–Kier alpha value is -4.04. The molecule has 6 rings (SSSR count). The van der Waals surface area contributed by atoms with E-state index in [1.54, 1.807) is 0 Å². The van der Waals surface area contributed by atoms with Crippen molar-refractivity contribution in [2.24, 2.45) is 0 Å². The highest BCUT2D eigenvalue weighted by Gasteiger charge is 2.52. The zero-order chi connectivity index (χ0) is 30.7. The highest BCUT2D eigenvalue weighted by atomic mass is 15.1. The molecule has 2 heteroatoms. The van der Waals surface area contributed by atoms with E-state index in [1.807, 2.05) is 0 Å². The molecule has 0 amide bonds. The summed E-state index contributed by atoms with van der Waals surface area (Å²) in [7, 11) is 0. The van der Waals surface area contributed by atoms with Crippen LogP contribution in [-0.2, 0) is 18.5 Å². The van der Waals surface area contributed by atoms with Crippen molar-refractivity contribution in [1.82, 2.24) is 0 Å². The molecule has 0 saturated heterocycles. The lowest BCUT2D eigenvalue weighted by molar-refractivity contribution is -0.765. The van der Waals surface area contributed by atoms with Crippen LogP contribution in [0.3, 0.4) is 0 Å². The summed E-state index contributed by atoms with van der Waals surface area (Å²) in [5.74, 6) is 0.415. The lowest BCUT2D eigenvalue weighted by Gasteiger charge is -2.40. The number of fused-ring (bicyclic) bond motifs is 3. The average molecular weight is 581 g/mol. The second-order valence-corrected chi connectivity index (χ2v) is 12.7. The Morgan fingerprint density at radius 3 is 2.14 bits per heavy atom. The molecule has 2 aromatic heterocycles. The lowest BCUT2D eigenvalue weighted by atomic mass is 9.68. The Morgan fingerprint density at radius 2 is 1.41 bits per heavy atom. The van der Waals surface area contributed by atoms with E-state index in [0.29, 0.717) is 5.92 Å². The van der Waals surface area contributed by atoms with Crippen molar-refractivity contribution in [1.29, 1.82) is 0 Å². The van der Waals surface area contributed by atoms with E-state index in [0.717, 1.165) is 32.2 Å². The molecule has 0 spiro atoms. The summed E-state index contributed by atoms with van der Waals surface area (Å²) in [5, 5.41) is 0. The van der Waals surface area contributed by atoms with Crippen LogP contribution in [0.15, 0.2) is 109 Å². The van der Waals surface area contributed by atoms with E-state index in [1.165, 1.54) is 68.7 Å². The van der Waals surface area contributed by atoms with Gasteiger partial charge in [-0.05, 0) is 66.6 Å². The molecule has 0 aliphatic carbocycles. The highest BCUT2D eigenvalue weighted by molar-refractivity contribution is 5.70. The average Bonchev–Trinajstić information content (AvgIpc) is 3.07. The first-order chi connectivity index (χ1) is 21.5. The van der Waals surface area contributed by atoms with Crippen LogP contribution in [0.25, 0.3) is 33.6 Å². The molecule has 2 nitrogen and oxygen atoms in total. The number of aromatic nitrogens is 2. The van der Waals surface area contributed by atoms with E-state index in [4.69, 9.17) is 0 Å². The molecule has 0 fully saturated rings. The quantitative estimate of drug-likeness (QED) is 0.145. The van der Waals surface area contributed by atoms with Gasteiger partial charge in [-0.25, -0.2) is 0 Å². The predicted molar refractivity (Wildman–Crippen MR) is 184 cm³/mol. The van der Waals surface area contributed by atoms with E-state index in [2.05, 4.69) is 153 Å². The fourth-order valence-electron chi connectivity index (χ4n) is 7.91. The number of pyridine rings is 2. The summed E-state index contributed by atoms with van der Waals surface area (Å²) >= 11 is 0. The number of benzene rings is 3. The minimum Gasteiger partial charge on any atom is -0.198 e. The third-order valence-corrected chi connectivity index (χ3v) is 10.5. The number of rotatable bonds is 10. The van der Waals surface area contributed by atoms with Gasteiger partial charge in [0.05, 0.1) is 11.5 Å². The van der Waals surface area contributed by atoms with Crippen molar-refractivity contribution in [2.75, 3.05) is 0 Å². The smallest absolute Gasteiger partial charge is 0.198 e. The maximum atomic E-state index is 2.69. The van der Waals surface area contributed by atoms with Crippen molar-refractivity contribution in [3.05, 3.63) is 132 Å². The first kappa shape index (κ1) is 30.0. The minimum absolute atomic E-state index is 0.0328. The Labute approximate surface area is 265 Å². The molecule has 0 bridgehead atoms. The molecule has 1 aliphatic heterocycles. The largest absolute Gasteiger partial charge is 0.216 e. The molecule has 44 heavy (non-hydrogen) atoms. The van der Waals surface area contributed by atoms with Crippen molar-refractivity contribution in [3.63, 3.8) is 0 Å². The molecule has 3 aromatic carbocycles. The third kappa shape index (κ3) is 5.30. The Balaban J connectivity index is 1.44. The van der Waals surface area contributed by atoms with Crippen LogP contribution >= 0.6 is 0 Å². The molecule has 0 N–H and O–H groups in total. The summed E-state index contributed by atoms with van der Waals surface area (Å²) in [4.78, 5) is 0. The third-order valence-electron chi connectivity index (χ3n) is 10.5. The lowest BCUT2D eigenvalue weighted by Crippen LogP contribution is -2.63. The molecule has 1 atom stereocenters. The molecule has 1 unspecified atom stereocenters. The van der Waals surface area contributed by atoms with Gasteiger partial charge in [-0.2, -0.15) is 9.13 Å². The molecule has 3 heterocycles. The van der Waals surface area contributed by atoms with Gasteiger partial charge >= 0.3 is 0 Å². The molecule has 224 valence electrons. The van der Waals surface area contributed by atoms with E-state index >= 15 is 0 Å². The van der Waals surface area contributed by atoms with Crippen LogP contribution in [0.1, 0.15) is 81.0 Å². The number of nitrogens with zero attached hydrogens (tertiary/aromatic N) is 2. The van der Waals surface area contributed by atoms with Crippen molar-refractivity contribution in [2.45, 2.75) is 91.1 Å². The normalized spacial score (nSPS) is 15.1. The number of aryl methyl sites for hydroxylation is 3. The standard InChI is InChI=1S/C42H48N2/c1-6-9-18-33-25-29-44-41(32(33)5)38-23-16-15-22-37(38)39(42(44,7-2)8-3)26-28-43-27-24-35(34-19-11-10-12-20-34)30-40(43)36-21-14-13-17-31(36)4/h10-17,19-25,27,29-30,39H,6-9,18,26,28H2,1-5H3/q+2. The zero-order valence-corrected chi connectivity index (χ0v) is 27.3. The van der Waals surface area contributed by atoms with Crippen LogP contribution < -0.4 is 9.13 Å². The fraction of sp³-hybridized carbons (Fsp3) is 0.333. The van der Waals surface area contributed by atoms with Crippen molar-refractivity contribution < 1.29 is 9.13 Å². The molecule has 0 radical (unpaired) electrons. The molecule has 1 aliphatic rings. The summed E-state index contributed by atoms with van der Waals surface area (Å²) in [6.07, 6.45) is 11.7. The Bertz CT molecular complexity index is 1750. The topological polar surface area (TPSA) is 7.76 Å². The van der Waals surface area contributed by atoms with Crippen LogP contribution in [0.5, 0.6) is 0 Å². The number of unbranched alkanes of at least 4 members (excludes halogenated alkanes) is 1. The molecular formula is C42H48N2+2. The van der Waals surface area contributed by atoms with Gasteiger partial charge in [0.15, 0.2) is 17.9 Å². The van der Waals surface area contributed by atoms with E-state index in [9.17, 15) is 0 Å². The first-order valence-electron chi connectivity index (χ1n) is 16.8. The summed E-state index contributed by atoms with van der Waals surface area (Å²) < 4.78 is 5.20.